The SMILES string of the molecule is CCNCC1CCN(C(=O)CCC(=O)c2ccc(OC)c(F)c2)CC1.Cl. The molecular formula is C19H28ClFN2O3. The lowest BCUT2D eigenvalue weighted by molar-refractivity contribution is -0.132. The van der Waals surface area contributed by atoms with Crippen LogP contribution in [0.4, 0.5) is 4.39 Å². The fourth-order valence-corrected chi connectivity index (χ4v) is 3.10. The van der Waals surface area contributed by atoms with Gasteiger partial charge in [0.2, 0.25) is 5.91 Å². The van der Waals surface area contributed by atoms with Gasteiger partial charge < -0.3 is 15.0 Å². The molecule has 1 N–H and O–H groups in total. The number of methoxy groups -OCH3 is 1. The van der Waals surface area contributed by atoms with Gasteiger partial charge in [-0.2, -0.15) is 0 Å². The molecule has 7 heteroatoms. The van der Waals surface area contributed by atoms with Crippen molar-refractivity contribution in [2.75, 3.05) is 33.3 Å². The molecule has 0 bridgehead atoms. The zero-order valence-electron chi connectivity index (χ0n) is 15.4. The fraction of sp³-hybridized carbons (Fsp3) is 0.579. The minimum Gasteiger partial charge on any atom is -0.494 e. The molecule has 0 atom stereocenters. The van der Waals surface area contributed by atoms with Gasteiger partial charge in [0.1, 0.15) is 0 Å². The van der Waals surface area contributed by atoms with Crippen LogP contribution in [0.2, 0.25) is 0 Å². The Kier molecular flexibility index (Phi) is 9.59. The Labute approximate surface area is 160 Å². The summed E-state index contributed by atoms with van der Waals surface area (Å²) >= 11 is 0. The Hall–Kier alpha value is -1.66. The minimum atomic E-state index is -0.567. The van der Waals surface area contributed by atoms with Gasteiger partial charge in [0, 0.05) is 31.5 Å². The van der Waals surface area contributed by atoms with Crippen LogP contribution >= 0.6 is 12.4 Å². The van der Waals surface area contributed by atoms with Crippen LogP contribution in [0.5, 0.6) is 5.75 Å². The number of ketones is 1. The highest BCUT2D eigenvalue weighted by atomic mass is 35.5. The van der Waals surface area contributed by atoms with Crippen LogP contribution in [0.1, 0.15) is 43.0 Å². The number of benzene rings is 1. The summed E-state index contributed by atoms with van der Waals surface area (Å²) in [7, 11) is 1.38. The summed E-state index contributed by atoms with van der Waals surface area (Å²) in [6, 6.07) is 4.12. The molecule has 0 aliphatic carbocycles. The first kappa shape index (κ1) is 22.4. The molecule has 1 aliphatic rings. The summed E-state index contributed by atoms with van der Waals surface area (Å²) < 4.78 is 18.5. The van der Waals surface area contributed by atoms with Crippen LogP contribution in [-0.4, -0.2) is 49.9 Å². The van der Waals surface area contributed by atoms with E-state index in [4.69, 9.17) is 4.74 Å². The predicted molar refractivity (Wildman–Crippen MR) is 102 cm³/mol. The number of hydrogen-bond donors (Lipinski definition) is 1. The molecule has 1 aromatic carbocycles. The van der Waals surface area contributed by atoms with Crippen molar-refractivity contribution >= 4 is 24.1 Å². The number of rotatable bonds is 8. The van der Waals surface area contributed by atoms with Gasteiger partial charge in [0.15, 0.2) is 17.3 Å². The summed E-state index contributed by atoms with van der Waals surface area (Å²) in [6.07, 6.45) is 2.26. The third-order valence-electron chi connectivity index (χ3n) is 4.69. The third kappa shape index (κ3) is 6.25. The van der Waals surface area contributed by atoms with Crippen molar-refractivity contribution < 1.29 is 18.7 Å². The van der Waals surface area contributed by atoms with Crippen LogP contribution in [-0.2, 0) is 4.79 Å². The normalized spacial score (nSPS) is 14.7. The number of Topliss-reactive ketones (excluding diaryl/α,β-unsaturated/α-hetero) is 1. The largest absolute Gasteiger partial charge is 0.494 e. The lowest BCUT2D eigenvalue weighted by atomic mass is 9.96. The highest BCUT2D eigenvalue weighted by Gasteiger charge is 2.23. The highest BCUT2D eigenvalue weighted by Crippen LogP contribution is 2.20. The van der Waals surface area contributed by atoms with Crippen LogP contribution < -0.4 is 10.1 Å². The number of ether oxygens (including phenoxy) is 1. The number of piperidine rings is 1. The standard InChI is InChI=1S/C19H27FN2O3.ClH/c1-3-21-13-14-8-10-22(11-9-14)19(24)7-5-17(23)15-4-6-18(25-2)16(20)12-15;/h4,6,12,14,21H,3,5,7-11,13H2,1-2H3;1H. The van der Waals surface area contributed by atoms with Gasteiger partial charge in [-0.1, -0.05) is 6.92 Å². The molecule has 1 aromatic rings. The van der Waals surface area contributed by atoms with Crippen LogP contribution in [0.25, 0.3) is 0 Å². The summed E-state index contributed by atoms with van der Waals surface area (Å²) in [6.45, 7) is 5.55. The number of likely N-dealkylation sites (tertiary alicyclic amines) is 1. The van der Waals surface area contributed by atoms with E-state index in [0.717, 1.165) is 45.1 Å². The Bertz CT molecular complexity index is 604. The average molecular weight is 387 g/mol. The number of nitrogens with zero attached hydrogens (tertiary/aromatic N) is 1. The van der Waals surface area contributed by atoms with E-state index >= 15 is 0 Å². The predicted octanol–water partition coefficient (Wildman–Crippen LogP) is 3.07. The number of amides is 1. The smallest absolute Gasteiger partial charge is 0.223 e. The molecule has 1 heterocycles. The number of carbonyl (C=O) groups excluding carboxylic acids is 2. The molecule has 0 aromatic heterocycles. The molecule has 2 rings (SSSR count). The van der Waals surface area contributed by atoms with Crippen molar-refractivity contribution in [2.45, 2.75) is 32.6 Å². The van der Waals surface area contributed by atoms with E-state index in [1.807, 2.05) is 4.90 Å². The molecule has 0 radical (unpaired) electrons. The van der Waals surface area contributed by atoms with Crippen molar-refractivity contribution in [3.05, 3.63) is 29.6 Å². The van der Waals surface area contributed by atoms with Crippen LogP contribution in [0.3, 0.4) is 0 Å². The summed E-state index contributed by atoms with van der Waals surface area (Å²) in [5.74, 6) is -0.0652. The second-order valence-electron chi connectivity index (χ2n) is 6.40. The Balaban J connectivity index is 0.00000338. The van der Waals surface area contributed by atoms with E-state index in [-0.39, 0.29) is 48.3 Å². The Morgan fingerprint density at radius 2 is 1.96 bits per heavy atom. The lowest BCUT2D eigenvalue weighted by Crippen LogP contribution is -2.40. The first-order valence-corrected chi connectivity index (χ1v) is 8.90. The molecule has 0 unspecified atom stereocenters. The van der Waals surface area contributed by atoms with Gasteiger partial charge in [-0.25, -0.2) is 4.39 Å². The molecule has 0 spiro atoms. The zero-order valence-corrected chi connectivity index (χ0v) is 16.2. The van der Waals surface area contributed by atoms with Crippen molar-refractivity contribution in [3.8, 4) is 5.75 Å². The van der Waals surface area contributed by atoms with Crippen molar-refractivity contribution in [1.29, 1.82) is 0 Å². The van der Waals surface area contributed by atoms with Crippen molar-refractivity contribution in [1.82, 2.24) is 10.2 Å². The van der Waals surface area contributed by atoms with Gasteiger partial charge in [0.05, 0.1) is 7.11 Å². The summed E-state index contributed by atoms with van der Waals surface area (Å²) in [4.78, 5) is 26.3. The molecule has 1 aliphatic heterocycles. The van der Waals surface area contributed by atoms with E-state index in [9.17, 15) is 14.0 Å². The number of halogens is 2. The molecule has 1 saturated heterocycles. The van der Waals surface area contributed by atoms with Gasteiger partial charge in [-0.3, -0.25) is 9.59 Å². The molecule has 5 nitrogen and oxygen atoms in total. The van der Waals surface area contributed by atoms with E-state index < -0.39 is 5.82 Å². The monoisotopic (exact) mass is 386 g/mol. The second-order valence-corrected chi connectivity index (χ2v) is 6.40. The van der Waals surface area contributed by atoms with Gasteiger partial charge in [-0.05, 0) is 50.0 Å². The Morgan fingerprint density at radius 3 is 2.54 bits per heavy atom. The maximum atomic E-state index is 13.7. The number of carbonyl (C=O) groups is 2. The first-order valence-electron chi connectivity index (χ1n) is 8.90. The average Bonchev–Trinajstić information content (AvgIpc) is 2.64. The maximum absolute atomic E-state index is 13.7. The van der Waals surface area contributed by atoms with Gasteiger partial charge in [-0.15, -0.1) is 12.4 Å². The van der Waals surface area contributed by atoms with Crippen molar-refractivity contribution in [3.63, 3.8) is 0 Å². The quantitative estimate of drug-likeness (QED) is 0.697. The second kappa shape index (κ2) is 11.1. The molecule has 26 heavy (non-hydrogen) atoms. The summed E-state index contributed by atoms with van der Waals surface area (Å²) in [5.41, 5.74) is 0.274. The fourth-order valence-electron chi connectivity index (χ4n) is 3.10. The van der Waals surface area contributed by atoms with Crippen molar-refractivity contribution in [2.24, 2.45) is 5.92 Å². The number of nitrogens with one attached hydrogen (secondary N) is 1. The topological polar surface area (TPSA) is 58.6 Å². The maximum Gasteiger partial charge on any atom is 0.223 e. The van der Waals surface area contributed by atoms with Gasteiger partial charge >= 0.3 is 0 Å². The minimum absolute atomic E-state index is 0. The number of hydrogen-bond acceptors (Lipinski definition) is 4. The van der Waals surface area contributed by atoms with Crippen LogP contribution in [0, 0.1) is 11.7 Å². The van der Waals surface area contributed by atoms with Crippen LogP contribution in [0.15, 0.2) is 18.2 Å². The Morgan fingerprint density at radius 1 is 1.27 bits per heavy atom. The molecule has 0 saturated carbocycles. The summed E-state index contributed by atoms with van der Waals surface area (Å²) in [5, 5.41) is 3.35. The van der Waals surface area contributed by atoms with E-state index in [1.54, 1.807) is 0 Å². The molecular weight excluding hydrogens is 359 g/mol. The van der Waals surface area contributed by atoms with E-state index in [0.29, 0.717) is 5.92 Å². The van der Waals surface area contributed by atoms with E-state index in [1.165, 1.54) is 19.2 Å². The van der Waals surface area contributed by atoms with E-state index in [2.05, 4.69) is 12.2 Å². The molecule has 1 fully saturated rings. The molecule has 146 valence electrons. The third-order valence-corrected chi connectivity index (χ3v) is 4.69. The first-order chi connectivity index (χ1) is 12.0. The molecule has 1 amide bonds. The highest BCUT2D eigenvalue weighted by molar-refractivity contribution is 5.98. The zero-order chi connectivity index (χ0) is 18.2. The van der Waals surface area contributed by atoms with Gasteiger partial charge in [0.25, 0.3) is 0 Å². The lowest BCUT2D eigenvalue weighted by Gasteiger charge is -2.32.